The highest BCUT2D eigenvalue weighted by atomic mass is 35.5. The fraction of sp³-hybridized carbons (Fsp3) is 0.267. The van der Waals surface area contributed by atoms with Gasteiger partial charge >= 0.3 is 0 Å². The van der Waals surface area contributed by atoms with Crippen LogP contribution in [0, 0.1) is 0 Å². The topological polar surface area (TPSA) is 24.9 Å². The Morgan fingerprint density at radius 2 is 1.89 bits per heavy atom. The fourth-order valence-corrected chi connectivity index (χ4v) is 2.42. The van der Waals surface area contributed by atoms with Gasteiger partial charge in [-0.2, -0.15) is 0 Å². The summed E-state index contributed by atoms with van der Waals surface area (Å²) in [6, 6.07) is 9.95. The van der Waals surface area contributed by atoms with Gasteiger partial charge in [0.15, 0.2) is 0 Å². The van der Waals surface area contributed by atoms with Crippen molar-refractivity contribution in [3.05, 3.63) is 63.9 Å². The van der Waals surface area contributed by atoms with Crippen LogP contribution in [0.5, 0.6) is 0 Å². The number of pyridine rings is 1. The summed E-state index contributed by atoms with van der Waals surface area (Å²) in [5.41, 5.74) is 2.30. The molecule has 0 aliphatic carbocycles. The number of rotatable bonds is 5. The first-order valence-electron chi connectivity index (χ1n) is 6.24. The fourth-order valence-electron chi connectivity index (χ4n) is 1.95. The molecule has 1 aromatic carbocycles. The van der Waals surface area contributed by atoms with E-state index in [1.165, 1.54) is 5.56 Å². The molecule has 1 unspecified atom stereocenters. The SMILES string of the molecule is CC(NCCc1ccncc1)c1cccc(Cl)c1Cl. The van der Waals surface area contributed by atoms with Crippen LogP contribution < -0.4 is 5.32 Å². The van der Waals surface area contributed by atoms with Gasteiger partial charge < -0.3 is 5.32 Å². The molecule has 0 amide bonds. The van der Waals surface area contributed by atoms with Crippen LogP contribution in [0.1, 0.15) is 24.1 Å². The molecule has 100 valence electrons. The van der Waals surface area contributed by atoms with Crippen molar-refractivity contribution < 1.29 is 0 Å². The molecule has 19 heavy (non-hydrogen) atoms. The number of halogens is 2. The minimum Gasteiger partial charge on any atom is -0.310 e. The number of hydrogen-bond acceptors (Lipinski definition) is 2. The number of hydrogen-bond donors (Lipinski definition) is 1. The van der Waals surface area contributed by atoms with Crippen molar-refractivity contribution in [3.63, 3.8) is 0 Å². The molecule has 0 radical (unpaired) electrons. The van der Waals surface area contributed by atoms with Crippen LogP contribution in [0.3, 0.4) is 0 Å². The largest absolute Gasteiger partial charge is 0.310 e. The Bertz CT molecular complexity index is 529. The van der Waals surface area contributed by atoms with E-state index in [2.05, 4.69) is 17.2 Å². The van der Waals surface area contributed by atoms with Crippen molar-refractivity contribution in [2.24, 2.45) is 0 Å². The molecule has 1 heterocycles. The molecule has 0 bridgehead atoms. The Morgan fingerprint density at radius 1 is 1.16 bits per heavy atom. The molecular formula is C15H16Cl2N2. The lowest BCUT2D eigenvalue weighted by Crippen LogP contribution is -2.21. The van der Waals surface area contributed by atoms with Gasteiger partial charge in [0, 0.05) is 18.4 Å². The van der Waals surface area contributed by atoms with Crippen LogP contribution in [0.25, 0.3) is 0 Å². The van der Waals surface area contributed by atoms with E-state index < -0.39 is 0 Å². The van der Waals surface area contributed by atoms with Crippen LogP contribution in [0.4, 0.5) is 0 Å². The Balaban J connectivity index is 1.91. The molecule has 0 aliphatic heterocycles. The maximum absolute atomic E-state index is 6.20. The second kappa shape index (κ2) is 6.90. The van der Waals surface area contributed by atoms with Crippen molar-refractivity contribution in [3.8, 4) is 0 Å². The summed E-state index contributed by atoms with van der Waals surface area (Å²) in [5, 5.41) is 4.68. The minimum atomic E-state index is 0.174. The van der Waals surface area contributed by atoms with Gasteiger partial charge in [0.05, 0.1) is 10.0 Å². The molecule has 1 aromatic heterocycles. The minimum absolute atomic E-state index is 0.174. The average Bonchev–Trinajstić information content (AvgIpc) is 2.43. The van der Waals surface area contributed by atoms with E-state index in [1.807, 2.05) is 36.7 Å². The van der Waals surface area contributed by atoms with Gasteiger partial charge in [-0.1, -0.05) is 35.3 Å². The highest BCUT2D eigenvalue weighted by Gasteiger charge is 2.10. The van der Waals surface area contributed by atoms with Gasteiger partial charge in [-0.3, -0.25) is 4.98 Å². The number of aromatic nitrogens is 1. The number of nitrogens with zero attached hydrogens (tertiary/aromatic N) is 1. The summed E-state index contributed by atoms with van der Waals surface area (Å²) in [6.45, 7) is 2.97. The number of nitrogens with one attached hydrogen (secondary N) is 1. The molecule has 0 aliphatic rings. The van der Waals surface area contributed by atoms with Gasteiger partial charge in [0.1, 0.15) is 0 Å². The van der Waals surface area contributed by atoms with Gasteiger partial charge in [0.25, 0.3) is 0 Å². The van der Waals surface area contributed by atoms with E-state index in [1.54, 1.807) is 6.07 Å². The zero-order valence-corrected chi connectivity index (χ0v) is 12.2. The normalized spacial score (nSPS) is 12.4. The molecule has 1 atom stereocenters. The number of benzene rings is 1. The predicted molar refractivity (Wildman–Crippen MR) is 80.8 cm³/mol. The summed E-state index contributed by atoms with van der Waals surface area (Å²) in [4.78, 5) is 4.00. The highest BCUT2D eigenvalue weighted by molar-refractivity contribution is 6.42. The second-order valence-electron chi connectivity index (χ2n) is 4.42. The van der Waals surface area contributed by atoms with Crippen molar-refractivity contribution >= 4 is 23.2 Å². The lowest BCUT2D eigenvalue weighted by Gasteiger charge is -2.16. The average molecular weight is 295 g/mol. The predicted octanol–water partition coefficient (Wildman–Crippen LogP) is 4.28. The Hall–Kier alpha value is -1.09. The standard InChI is InChI=1S/C15H16Cl2N2/c1-11(13-3-2-4-14(16)15(13)17)19-10-7-12-5-8-18-9-6-12/h2-6,8-9,11,19H,7,10H2,1H3. The van der Waals surface area contributed by atoms with Crippen LogP contribution in [0.2, 0.25) is 10.0 Å². The van der Waals surface area contributed by atoms with E-state index >= 15 is 0 Å². The molecule has 2 rings (SSSR count). The Morgan fingerprint density at radius 3 is 2.63 bits per heavy atom. The molecule has 0 spiro atoms. The Labute approximate surface area is 123 Å². The van der Waals surface area contributed by atoms with Crippen molar-refractivity contribution in [2.75, 3.05) is 6.54 Å². The summed E-state index contributed by atoms with van der Waals surface area (Å²) in [6.07, 6.45) is 4.59. The first kappa shape index (κ1) is 14.3. The van der Waals surface area contributed by atoms with E-state index in [9.17, 15) is 0 Å². The third-order valence-electron chi connectivity index (χ3n) is 3.06. The first-order valence-corrected chi connectivity index (χ1v) is 7.00. The smallest absolute Gasteiger partial charge is 0.0639 e. The third-order valence-corrected chi connectivity index (χ3v) is 3.90. The summed E-state index contributed by atoms with van der Waals surface area (Å²) < 4.78 is 0. The molecule has 0 saturated heterocycles. The van der Waals surface area contributed by atoms with E-state index in [0.717, 1.165) is 18.5 Å². The summed E-state index contributed by atoms with van der Waals surface area (Å²) in [5.74, 6) is 0. The molecule has 1 N–H and O–H groups in total. The van der Waals surface area contributed by atoms with E-state index in [-0.39, 0.29) is 6.04 Å². The highest BCUT2D eigenvalue weighted by Crippen LogP contribution is 2.29. The second-order valence-corrected chi connectivity index (χ2v) is 5.21. The van der Waals surface area contributed by atoms with Crippen molar-refractivity contribution in [1.82, 2.24) is 10.3 Å². The summed E-state index contributed by atoms with van der Waals surface area (Å²) >= 11 is 12.2. The molecule has 0 saturated carbocycles. The van der Waals surface area contributed by atoms with Crippen molar-refractivity contribution in [1.29, 1.82) is 0 Å². The van der Waals surface area contributed by atoms with Gasteiger partial charge in [-0.15, -0.1) is 0 Å². The van der Waals surface area contributed by atoms with Crippen molar-refractivity contribution in [2.45, 2.75) is 19.4 Å². The zero-order valence-electron chi connectivity index (χ0n) is 10.7. The monoisotopic (exact) mass is 294 g/mol. The van der Waals surface area contributed by atoms with Crippen LogP contribution in [0.15, 0.2) is 42.7 Å². The molecule has 2 nitrogen and oxygen atoms in total. The maximum Gasteiger partial charge on any atom is 0.0639 e. The van der Waals surface area contributed by atoms with E-state index in [4.69, 9.17) is 23.2 Å². The van der Waals surface area contributed by atoms with Crippen LogP contribution >= 0.6 is 23.2 Å². The molecule has 4 heteroatoms. The third kappa shape index (κ3) is 3.93. The molecular weight excluding hydrogens is 279 g/mol. The molecule has 0 fully saturated rings. The lowest BCUT2D eigenvalue weighted by atomic mass is 10.1. The van der Waals surface area contributed by atoms with Gasteiger partial charge in [-0.25, -0.2) is 0 Å². The van der Waals surface area contributed by atoms with E-state index in [0.29, 0.717) is 10.0 Å². The van der Waals surface area contributed by atoms with Crippen LogP contribution in [-0.4, -0.2) is 11.5 Å². The summed E-state index contributed by atoms with van der Waals surface area (Å²) in [7, 11) is 0. The quantitative estimate of drug-likeness (QED) is 0.890. The lowest BCUT2D eigenvalue weighted by molar-refractivity contribution is 0.577. The van der Waals surface area contributed by atoms with Gasteiger partial charge in [0.2, 0.25) is 0 Å². The molecule has 2 aromatic rings. The Kier molecular flexibility index (Phi) is 5.20. The van der Waals surface area contributed by atoms with Crippen LogP contribution in [-0.2, 0) is 6.42 Å². The van der Waals surface area contributed by atoms with Gasteiger partial charge in [-0.05, 0) is 49.2 Å². The first-order chi connectivity index (χ1) is 9.18. The zero-order chi connectivity index (χ0) is 13.7. The maximum atomic E-state index is 6.20.